The second-order valence-electron chi connectivity index (χ2n) is 4.07. The molecule has 0 spiro atoms. The molecule has 2 rings (SSSR count). The van der Waals surface area contributed by atoms with E-state index in [2.05, 4.69) is 10.7 Å². The summed E-state index contributed by atoms with van der Waals surface area (Å²) in [5.41, 5.74) is 3.92. The van der Waals surface area contributed by atoms with Crippen molar-refractivity contribution >= 4 is 11.6 Å². The van der Waals surface area contributed by atoms with Gasteiger partial charge in [0, 0.05) is 24.4 Å². The first-order valence-electron chi connectivity index (χ1n) is 5.76. The maximum atomic E-state index is 11.8. The van der Waals surface area contributed by atoms with Gasteiger partial charge in [-0.25, -0.2) is 0 Å². The normalized spacial score (nSPS) is 19.0. The van der Waals surface area contributed by atoms with Crippen molar-refractivity contribution in [2.45, 2.75) is 18.9 Å². The van der Waals surface area contributed by atoms with Gasteiger partial charge in [-0.3, -0.25) is 10.6 Å². The van der Waals surface area contributed by atoms with E-state index in [1.165, 1.54) is 0 Å². The van der Waals surface area contributed by atoms with Crippen molar-refractivity contribution in [2.24, 2.45) is 5.84 Å². The Kier molecular flexibility index (Phi) is 3.95. The monoisotopic (exact) mass is 235 g/mol. The summed E-state index contributed by atoms with van der Waals surface area (Å²) < 4.78 is 5.43. The number of amides is 1. The zero-order valence-electron chi connectivity index (χ0n) is 9.61. The van der Waals surface area contributed by atoms with Crippen LogP contribution in [0.3, 0.4) is 0 Å². The fourth-order valence-corrected chi connectivity index (χ4v) is 1.83. The highest BCUT2D eigenvalue weighted by Gasteiger charge is 2.16. The van der Waals surface area contributed by atoms with Gasteiger partial charge in [0.2, 0.25) is 0 Å². The first-order valence-corrected chi connectivity index (χ1v) is 5.76. The molecule has 92 valence electrons. The lowest BCUT2D eigenvalue weighted by Gasteiger charge is -2.10. The van der Waals surface area contributed by atoms with Gasteiger partial charge in [-0.15, -0.1) is 0 Å². The van der Waals surface area contributed by atoms with Crippen molar-refractivity contribution in [3.63, 3.8) is 0 Å². The van der Waals surface area contributed by atoms with Gasteiger partial charge in [-0.05, 0) is 37.1 Å². The number of hydrazine groups is 1. The van der Waals surface area contributed by atoms with E-state index in [4.69, 9.17) is 10.6 Å². The van der Waals surface area contributed by atoms with E-state index in [1.54, 1.807) is 24.3 Å². The van der Waals surface area contributed by atoms with E-state index < -0.39 is 0 Å². The first-order chi connectivity index (χ1) is 8.29. The molecule has 1 atom stereocenters. The molecular weight excluding hydrogens is 218 g/mol. The largest absolute Gasteiger partial charge is 0.376 e. The molecule has 17 heavy (non-hydrogen) atoms. The van der Waals surface area contributed by atoms with E-state index in [1.807, 2.05) is 0 Å². The summed E-state index contributed by atoms with van der Waals surface area (Å²) in [6, 6.07) is 7.00. The predicted molar refractivity (Wildman–Crippen MR) is 65.6 cm³/mol. The molecule has 1 aliphatic heterocycles. The number of nitrogen functional groups attached to an aromatic ring is 1. The van der Waals surface area contributed by atoms with Crippen molar-refractivity contribution in [1.82, 2.24) is 5.32 Å². The molecule has 0 aliphatic carbocycles. The molecule has 0 bridgehead atoms. The number of rotatable bonds is 4. The smallest absolute Gasteiger partial charge is 0.251 e. The molecule has 5 nitrogen and oxygen atoms in total. The second-order valence-corrected chi connectivity index (χ2v) is 4.07. The topological polar surface area (TPSA) is 76.4 Å². The lowest BCUT2D eigenvalue weighted by Crippen LogP contribution is -2.31. The zero-order valence-corrected chi connectivity index (χ0v) is 9.61. The average molecular weight is 235 g/mol. The number of nitrogens with two attached hydrogens (primary N) is 1. The van der Waals surface area contributed by atoms with Gasteiger partial charge >= 0.3 is 0 Å². The molecule has 0 aromatic heterocycles. The zero-order chi connectivity index (χ0) is 12.1. The quantitative estimate of drug-likeness (QED) is 0.535. The minimum Gasteiger partial charge on any atom is -0.376 e. The number of hydrogen-bond acceptors (Lipinski definition) is 4. The highest BCUT2D eigenvalue weighted by atomic mass is 16.5. The molecule has 5 heteroatoms. The number of benzene rings is 1. The number of nitrogens with one attached hydrogen (secondary N) is 2. The van der Waals surface area contributed by atoms with Gasteiger partial charge in [0.25, 0.3) is 5.91 Å². The van der Waals surface area contributed by atoms with Crippen LogP contribution in [0.2, 0.25) is 0 Å². The molecule has 1 amide bonds. The Labute approximate surface area is 100 Å². The Morgan fingerprint density at radius 3 is 2.76 bits per heavy atom. The lowest BCUT2D eigenvalue weighted by molar-refractivity contribution is 0.0858. The average Bonchev–Trinajstić information content (AvgIpc) is 2.89. The summed E-state index contributed by atoms with van der Waals surface area (Å²) in [5.74, 6) is 5.17. The van der Waals surface area contributed by atoms with Crippen LogP contribution in [-0.2, 0) is 4.74 Å². The Morgan fingerprint density at radius 1 is 1.41 bits per heavy atom. The van der Waals surface area contributed by atoms with Gasteiger partial charge < -0.3 is 15.5 Å². The van der Waals surface area contributed by atoms with Crippen molar-refractivity contribution in [3.8, 4) is 0 Å². The lowest BCUT2D eigenvalue weighted by atomic mass is 10.2. The van der Waals surface area contributed by atoms with Crippen molar-refractivity contribution in [2.75, 3.05) is 18.6 Å². The molecule has 4 N–H and O–H groups in total. The summed E-state index contributed by atoms with van der Waals surface area (Å²) in [7, 11) is 0. The third-order valence-electron chi connectivity index (χ3n) is 2.83. The number of ether oxygens (including phenoxy) is 1. The van der Waals surface area contributed by atoms with Crippen LogP contribution in [0.1, 0.15) is 23.2 Å². The van der Waals surface area contributed by atoms with Crippen molar-refractivity contribution in [3.05, 3.63) is 29.8 Å². The highest BCUT2D eigenvalue weighted by molar-refractivity contribution is 5.94. The van der Waals surface area contributed by atoms with Gasteiger partial charge in [0.1, 0.15) is 0 Å². The van der Waals surface area contributed by atoms with Crippen LogP contribution in [0.4, 0.5) is 5.69 Å². The maximum absolute atomic E-state index is 11.8. The molecule has 1 fully saturated rings. The van der Waals surface area contributed by atoms with Gasteiger partial charge in [0.05, 0.1) is 6.10 Å². The van der Waals surface area contributed by atoms with Crippen LogP contribution in [0.25, 0.3) is 0 Å². The minimum atomic E-state index is -0.0796. The first kappa shape index (κ1) is 11.9. The van der Waals surface area contributed by atoms with Crippen LogP contribution in [-0.4, -0.2) is 25.2 Å². The van der Waals surface area contributed by atoms with Crippen LogP contribution in [0, 0.1) is 0 Å². The number of carbonyl (C=O) groups excluding carboxylic acids is 1. The Morgan fingerprint density at radius 2 is 2.18 bits per heavy atom. The molecule has 0 saturated carbocycles. The van der Waals surface area contributed by atoms with E-state index in [0.29, 0.717) is 12.1 Å². The van der Waals surface area contributed by atoms with E-state index in [9.17, 15) is 4.79 Å². The van der Waals surface area contributed by atoms with E-state index in [0.717, 1.165) is 25.1 Å². The fourth-order valence-electron chi connectivity index (χ4n) is 1.83. The van der Waals surface area contributed by atoms with Crippen molar-refractivity contribution in [1.29, 1.82) is 0 Å². The number of hydrogen-bond donors (Lipinski definition) is 3. The molecule has 0 radical (unpaired) electrons. The van der Waals surface area contributed by atoms with Crippen LogP contribution < -0.4 is 16.6 Å². The van der Waals surface area contributed by atoms with Crippen LogP contribution in [0.5, 0.6) is 0 Å². The SMILES string of the molecule is NNc1ccc(C(=O)NCC2CCCO2)cc1. The minimum absolute atomic E-state index is 0.0796. The highest BCUT2D eigenvalue weighted by Crippen LogP contribution is 2.11. The second kappa shape index (κ2) is 5.65. The van der Waals surface area contributed by atoms with E-state index in [-0.39, 0.29) is 12.0 Å². The predicted octanol–water partition coefficient (Wildman–Crippen LogP) is 0.881. The standard InChI is InChI=1S/C12H17N3O2/c13-15-10-5-3-9(4-6-10)12(16)14-8-11-2-1-7-17-11/h3-6,11,15H,1-2,7-8,13H2,(H,14,16). The van der Waals surface area contributed by atoms with Gasteiger partial charge in [-0.2, -0.15) is 0 Å². The molecule has 1 aromatic rings. The van der Waals surface area contributed by atoms with Gasteiger partial charge in [-0.1, -0.05) is 0 Å². The van der Waals surface area contributed by atoms with Gasteiger partial charge in [0.15, 0.2) is 0 Å². The summed E-state index contributed by atoms with van der Waals surface area (Å²) >= 11 is 0. The summed E-state index contributed by atoms with van der Waals surface area (Å²) in [6.45, 7) is 1.38. The van der Waals surface area contributed by atoms with Crippen LogP contribution in [0.15, 0.2) is 24.3 Å². The Bertz CT molecular complexity index is 372. The molecule has 1 aliphatic rings. The third-order valence-corrected chi connectivity index (χ3v) is 2.83. The third kappa shape index (κ3) is 3.18. The van der Waals surface area contributed by atoms with Crippen molar-refractivity contribution < 1.29 is 9.53 Å². The number of anilines is 1. The molecule has 1 aromatic carbocycles. The molecule has 1 heterocycles. The maximum Gasteiger partial charge on any atom is 0.251 e. The molecule has 1 unspecified atom stereocenters. The fraction of sp³-hybridized carbons (Fsp3) is 0.417. The number of carbonyl (C=O) groups is 1. The summed E-state index contributed by atoms with van der Waals surface area (Å²) in [4.78, 5) is 11.8. The summed E-state index contributed by atoms with van der Waals surface area (Å²) in [6.07, 6.45) is 2.28. The Hall–Kier alpha value is -1.59. The summed E-state index contributed by atoms with van der Waals surface area (Å²) in [5, 5.41) is 2.86. The molecule has 1 saturated heterocycles. The van der Waals surface area contributed by atoms with Crippen LogP contribution >= 0.6 is 0 Å². The molecular formula is C12H17N3O2. The van der Waals surface area contributed by atoms with E-state index >= 15 is 0 Å². The Balaban J connectivity index is 1.85.